The average molecular weight is 281 g/mol. The second-order valence-corrected chi connectivity index (χ2v) is 5.11. The predicted octanol–water partition coefficient (Wildman–Crippen LogP) is 3.92. The predicted molar refractivity (Wildman–Crippen MR) is 80.7 cm³/mol. The van der Waals surface area contributed by atoms with Crippen molar-refractivity contribution in [1.82, 2.24) is 4.98 Å². The number of hydrogen-bond donors (Lipinski definition) is 0. The average Bonchev–Trinajstić information content (AvgIpc) is 2.88. The quantitative estimate of drug-likeness (QED) is 0.539. The normalized spacial score (nSPS) is 11.0. The maximum Gasteiger partial charge on any atom is 0.338 e. The fourth-order valence-electron chi connectivity index (χ4n) is 1.74. The molecule has 0 aliphatic heterocycles. The Hall–Kier alpha value is -2.46. The highest BCUT2D eigenvalue weighted by Crippen LogP contribution is 2.27. The highest BCUT2D eigenvalue weighted by molar-refractivity contribution is 7.20. The van der Waals surface area contributed by atoms with Crippen molar-refractivity contribution in [3.8, 4) is 5.19 Å². The summed E-state index contributed by atoms with van der Waals surface area (Å²) in [4.78, 5) is 16.0. The SMILES string of the molecule is O=C(C=Cc1ccccc1)Oc1nc2ccccc2s1. The fraction of sp³-hybridized carbons (Fsp3) is 0. The monoisotopic (exact) mass is 281 g/mol. The summed E-state index contributed by atoms with van der Waals surface area (Å²) >= 11 is 1.36. The highest BCUT2D eigenvalue weighted by Gasteiger charge is 2.07. The van der Waals surface area contributed by atoms with Crippen molar-refractivity contribution < 1.29 is 9.53 Å². The molecule has 0 bridgehead atoms. The van der Waals surface area contributed by atoms with Gasteiger partial charge in [-0.3, -0.25) is 0 Å². The number of esters is 1. The molecule has 0 aliphatic rings. The van der Waals surface area contributed by atoms with Gasteiger partial charge in [0.05, 0.1) is 10.2 Å². The van der Waals surface area contributed by atoms with E-state index in [4.69, 9.17) is 4.74 Å². The number of para-hydroxylation sites is 1. The lowest BCUT2D eigenvalue weighted by Crippen LogP contribution is -2.02. The van der Waals surface area contributed by atoms with Gasteiger partial charge in [-0.05, 0) is 23.8 Å². The van der Waals surface area contributed by atoms with Gasteiger partial charge in [0.15, 0.2) is 0 Å². The van der Waals surface area contributed by atoms with Crippen molar-refractivity contribution in [3.05, 3.63) is 66.2 Å². The number of rotatable bonds is 3. The van der Waals surface area contributed by atoms with E-state index in [1.54, 1.807) is 6.08 Å². The molecule has 0 saturated heterocycles. The third kappa shape index (κ3) is 2.92. The van der Waals surface area contributed by atoms with Crippen molar-refractivity contribution >= 4 is 33.6 Å². The van der Waals surface area contributed by atoms with Crippen LogP contribution in [0.25, 0.3) is 16.3 Å². The number of benzene rings is 2. The van der Waals surface area contributed by atoms with Crippen molar-refractivity contribution in [3.63, 3.8) is 0 Å². The standard InChI is InChI=1S/C16H11NO2S/c18-15(11-10-12-6-2-1-3-7-12)19-16-17-13-8-4-5-9-14(13)20-16/h1-11H. The van der Waals surface area contributed by atoms with Crippen LogP contribution in [0, 0.1) is 0 Å². The minimum Gasteiger partial charge on any atom is -0.395 e. The smallest absolute Gasteiger partial charge is 0.338 e. The van der Waals surface area contributed by atoms with Gasteiger partial charge in [-0.1, -0.05) is 53.8 Å². The van der Waals surface area contributed by atoms with Crippen LogP contribution in [-0.2, 0) is 4.79 Å². The minimum atomic E-state index is -0.423. The van der Waals surface area contributed by atoms with Crippen molar-refractivity contribution in [2.75, 3.05) is 0 Å². The number of carbonyl (C=O) groups excluding carboxylic acids is 1. The van der Waals surface area contributed by atoms with Crippen molar-refractivity contribution in [1.29, 1.82) is 0 Å². The molecule has 0 unspecified atom stereocenters. The highest BCUT2D eigenvalue weighted by atomic mass is 32.1. The number of fused-ring (bicyclic) bond motifs is 1. The molecule has 1 aromatic heterocycles. The summed E-state index contributed by atoms with van der Waals surface area (Å²) in [5, 5.41) is 0.369. The first-order valence-electron chi connectivity index (χ1n) is 6.12. The molecule has 3 rings (SSSR count). The maximum absolute atomic E-state index is 11.7. The number of ether oxygens (including phenoxy) is 1. The van der Waals surface area contributed by atoms with Gasteiger partial charge in [0.2, 0.25) is 0 Å². The van der Waals surface area contributed by atoms with Crippen LogP contribution in [-0.4, -0.2) is 11.0 Å². The number of thiazole rings is 1. The molecule has 1 heterocycles. The van der Waals surface area contributed by atoms with Gasteiger partial charge in [0.25, 0.3) is 5.19 Å². The third-order valence-electron chi connectivity index (χ3n) is 2.67. The van der Waals surface area contributed by atoms with Crippen LogP contribution in [0.15, 0.2) is 60.7 Å². The zero-order chi connectivity index (χ0) is 13.8. The molecule has 0 atom stereocenters. The van der Waals surface area contributed by atoms with Crippen molar-refractivity contribution in [2.24, 2.45) is 0 Å². The molecule has 98 valence electrons. The second-order valence-electron chi connectivity index (χ2n) is 4.11. The van der Waals surface area contributed by atoms with Gasteiger partial charge in [-0.15, -0.1) is 0 Å². The molecule has 2 aromatic carbocycles. The van der Waals surface area contributed by atoms with Crippen LogP contribution < -0.4 is 4.74 Å². The lowest BCUT2D eigenvalue weighted by atomic mass is 10.2. The van der Waals surface area contributed by atoms with E-state index in [2.05, 4.69) is 4.98 Å². The molecule has 4 heteroatoms. The lowest BCUT2D eigenvalue weighted by molar-refractivity contribution is -0.128. The Balaban J connectivity index is 1.71. The van der Waals surface area contributed by atoms with Gasteiger partial charge < -0.3 is 4.74 Å². The van der Waals surface area contributed by atoms with Gasteiger partial charge in [0.1, 0.15) is 0 Å². The molecule has 0 saturated carbocycles. The summed E-state index contributed by atoms with van der Waals surface area (Å²) in [6.45, 7) is 0. The van der Waals surface area contributed by atoms with Crippen LogP contribution in [0.2, 0.25) is 0 Å². The van der Waals surface area contributed by atoms with Crippen LogP contribution in [0.1, 0.15) is 5.56 Å². The Morgan fingerprint density at radius 2 is 1.80 bits per heavy atom. The molecule has 0 spiro atoms. The number of aromatic nitrogens is 1. The zero-order valence-corrected chi connectivity index (χ0v) is 11.3. The zero-order valence-electron chi connectivity index (χ0n) is 10.5. The molecular weight excluding hydrogens is 270 g/mol. The fourth-order valence-corrected chi connectivity index (χ4v) is 2.56. The van der Waals surface area contributed by atoms with Crippen LogP contribution in [0.5, 0.6) is 5.19 Å². The molecule has 0 radical (unpaired) electrons. The minimum absolute atomic E-state index is 0.369. The van der Waals surface area contributed by atoms with E-state index in [0.29, 0.717) is 5.19 Å². The molecule has 3 aromatic rings. The Morgan fingerprint density at radius 1 is 1.05 bits per heavy atom. The molecule has 0 N–H and O–H groups in total. The molecule has 20 heavy (non-hydrogen) atoms. The Morgan fingerprint density at radius 3 is 2.60 bits per heavy atom. The molecular formula is C16H11NO2S. The molecule has 3 nitrogen and oxygen atoms in total. The van der Waals surface area contributed by atoms with Gasteiger partial charge >= 0.3 is 5.97 Å². The number of carbonyl (C=O) groups is 1. The first-order chi connectivity index (χ1) is 9.81. The van der Waals surface area contributed by atoms with E-state index in [0.717, 1.165) is 15.8 Å². The first kappa shape index (κ1) is 12.6. The number of hydrogen-bond acceptors (Lipinski definition) is 4. The lowest BCUT2D eigenvalue weighted by Gasteiger charge is -1.94. The summed E-state index contributed by atoms with van der Waals surface area (Å²) in [6, 6.07) is 17.3. The number of nitrogens with zero attached hydrogens (tertiary/aromatic N) is 1. The van der Waals surface area contributed by atoms with E-state index in [1.165, 1.54) is 17.4 Å². The second kappa shape index (κ2) is 5.67. The van der Waals surface area contributed by atoms with Crippen molar-refractivity contribution in [2.45, 2.75) is 0 Å². The van der Waals surface area contributed by atoms with Gasteiger partial charge in [-0.25, -0.2) is 9.78 Å². The summed E-state index contributed by atoms with van der Waals surface area (Å²) in [7, 11) is 0. The Kier molecular flexibility index (Phi) is 3.56. The van der Waals surface area contributed by atoms with Gasteiger partial charge in [0, 0.05) is 6.08 Å². The summed E-state index contributed by atoms with van der Waals surface area (Å²) in [5.41, 5.74) is 1.79. The maximum atomic E-state index is 11.7. The van der Waals surface area contributed by atoms with Crippen LogP contribution >= 0.6 is 11.3 Å². The van der Waals surface area contributed by atoms with E-state index >= 15 is 0 Å². The topological polar surface area (TPSA) is 39.2 Å². The largest absolute Gasteiger partial charge is 0.395 e. The Bertz CT molecular complexity index is 729. The summed E-state index contributed by atoms with van der Waals surface area (Å²) < 4.78 is 6.20. The van der Waals surface area contributed by atoms with Crippen LogP contribution in [0.4, 0.5) is 0 Å². The molecule has 0 aliphatic carbocycles. The van der Waals surface area contributed by atoms with E-state index in [-0.39, 0.29) is 0 Å². The Labute approximate surface area is 120 Å². The summed E-state index contributed by atoms with van der Waals surface area (Å²) in [6.07, 6.45) is 3.12. The first-order valence-corrected chi connectivity index (χ1v) is 6.93. The van der Waals surface area contributed by atoms with Crippen LogP contribution in [0.3, 0.4) is 0 Å². The van der Waals surface area contributed by atoms with E-state index in [1.807, 2.05) is 54.6 Å². The molecule has 0 fully saturated rings. The molecule has 0 amide bonds. The summed E-state index contributed by atoms with van der Waals surface area (Å²) in [5.74, 6) is -0.423. The van der Waals surface area contributed by atoms with Gasteiger partial charge in [-0.2, -0.15) is 0 Å². The van der Waals surface area contributed by atoms with E-state index in [9.17, 15) is 4.79 Å². The van der Waals surface area contributed by atoms with E-state index < -0.39 is 5.97 Å². The third-order valence-corrected chi connectivity index (χ3v) is 3.59.